The number of hydrogen-bond donors (Lipinski definition) is 0. The fourth-order valence-corrected chi connectivity index (χ4v) is 1.63. The van der Waals surface area contributed by atoms with Gasteiger partial charge in [-0.05, 0) is 34.6 Å². The van der Waals surface area contributed by atoms with Crippen molar-refractivity contribution < 1.29 is 18.8 Å². The summed E-state index contributed by atoms with van der Waals surface area (Å²) in [5, 5.41) is 0. The second kappa shape index (κ2) is 6.18. The van der Waals surface area contributed by atoms with Gasteiger partial charge in [-0.3, -0.25) is 0 Å². The molecule has 0 atom stereocenters. The zero-order valence-electron chi connectivity index (χ0n) is 11.7. The van der Waals surface area contributed by atoms with E-state index < -0.39 is 0 Å². The Labute approximate surface area is 105 Å². The van der Waals surface area contributed by atoms with Crippen molar-refractivity contribution in [2.75, 3.05) is 26.4 Å². The molecule has 0 aromatic rings. The average molecular weight is 244 g/mol. The van der Waals surface area contributed by atoms with Gasteiger partial charge >= 0.3 is 7.12 Å². The molecule has 1 fully saturated rings. The van der Waals surface area contributed by atoms with E-state index in [0.29, 0.717) is 19.8 Å². The van der Waals surface area contributed by atoms with Crippen LogP contribution in [0, 0.1) is 0 Å². The molecule has 0 saturated carbocycles. The molecule has 5 heteroatoms. The zero-order valence-corrected chi connectivity index (χ0v) is 11.7. The lowest BCUT2D eigenvalue weighted by Crippen LogP contribution is -2.41. The Bertz CT molecular complexity index is 215. The van der Waals surface area contributed by atoms with Gasteiger partial charge in [-0.15, -0.1) is 0 Å². The molecule has 0 bridgehead atoms. The van der Waals surface area contributed by atoms with Crippen molar-refractivity contribution in [1.82, 2.24) is 0 Å². The molecule has 100 valence electrons. The van der Waals surface area contributed by atoms with Gasteiger partial charge in [-0.1, -0.05) is 0 Å². The summed E-state index contributed by atoms with van der Waals surface area (Å²) in [5.41, 5.74) is -0.494. The third kappa shape index (κ3) is 4.25. The van der Waals surface area contributed by atoms with Crippen molar-refractivity contribution >= 4 is 7.12 Å². The van der Waals surface area contributed by atoms with Gasteiger partial charge < -0.3 is 18.8 Å². The smallest absolute Gasteiger partial charge is 0.403 e. The molecule has 0 spiro atoms. The van der Waals surface area contributed by atoms with Crippen LogP contribution in [0.25, 0.3) is 0 Å². The number of ether oxygens (including phenoxy) is 2. The Hall–Kier alpha value is -0.0951. The molecular formula is C12H25BO4. The number of hydrogen-bond acceptors (Lipinski definition) is 4. The Morgan fingerprint density at radius 1 is 0.882 bits per heavy atom. The normalized spacial score (nSPS) is 22.1. The van der Waals surface area contributed by atoms with Crippen LogP contribution in [0.1, 0.15) is 34.6 Å². The van der Waals surface area contributed by atoms with Gasteiger partial charge in [0.25, 0.3) is 0 Å². The van der Waals surface area contributed by atoms with Crippen LogP contribution >= 0.6 is 0 Å². The van der Waals surface area contributed by atoms with Crippen molar-refractivity contribution in [3.05, 3.63) is 0 Å². The molecule has 1 aliphatic heterocycles. The van der Waals surface area contributed by atoms with Crippen LogP contribution in [0.4, 0.5) is 0 Å². The maximum absolute atomic E-state index is 5.86. The summed E-state index contributed by atoms with van der Waals surface area (Å²) in [6, 6.07) is 0. The quantitative estimate of drug-likeness (QED) is 0.507. The zero-order chi connectivity index (χ0) is 12.9. The maximum Gasteiger partial charge on any atom is 0.460 e. The molecule has 0 amide bonds. The van der Waals surface area contributed by atoms with E-state index in [1.807, 2.05) is 6.92 Å². The van der Waals surface area contributed by atoms with Crippen LogP contribution in [0.2, 0.25) is 6.32 Å². The largest absolute Gasteiger partial charge is 0.460 e. The van der Waals surface area contributed by atoms with Crippen molar-refractivity contribution in [2.45, 2.75) is 52.1 Å². The Kier molecular flexibility index (Phi) is 5.44. The third-order valence-electron chi connectivity index (χ3n) is 3.38. The summed E-state index contributed by atoms with van der Waals surface area (Å²) >= 11 is 0. The third-order valence-corrected chi connectivity index (χ3v) is 3.38. The topological polar surface area (TPSA) is 36.9 Å². The van der Waals surface area contributed by atoms with E-state index in [0.717, 1.165) is 12.9 Å². The molecule has 0 aromatic carbocycles. The van der Waals surface area contributed by atoms with Gasteiger partial charge in [0.15, 0.2) is 0 Å². The highest BCUT2D eigenvalue weighted by Gasteiger charge is 2.50. The van der Waals surface area contributed by atoms with Gasteiger partial charge in [0.2, 0.25) is 0 Å². The van der Waals surface area contributed by atoms with E-state index in [4.69, 9.17) is 18.8 Å². The molecule has 17 heavy (non-hydrogen) atoms. The molecule has 0 unspecified atom stereocenters. The van der Waals surface area contributed by atoms with E-state index in [9.17, 15) is 0 Å². The van der Waals surface area contributed by atoms with Crippen LogP contribution in [0.5, 0.6) is 0 Å². The maximum atomic E-state index is 5.86. The minimum Gasteiger partial charge on any atom is -0.403 e. The lowest BCUT2D eigenvalue weighted by atomic mass is 9.86. The minimum atomic E-state index is -0.247. The molecule has 0 N–H and O–H groups in total. The summed E-state index contributed by atoms with van der Waals surface area (Å²) in [5.74, 6) is 0. The minimum absolute atomic E-state index is 0.160. The fraction of sp³-hybridized carbons (Fsp3) is 1.00. The molecule has 1 heterocycles. The molecular weight excluding hydrogens is 219 g/mol. The first-order chi connectivity index (χ1) is 7.89. The van der Waals surface area contributed by atoms with Crippen LogP contribution in [-0.4, -0.2) is 44.7 Å². The Balaban J connectivity index is 2.14. The fourth-order valence-electron chi connectivity index (χ4n) is 1.63. The molecule has 4 nitrogen and oxygen atoms in total. The summed E-state index contributed by atoms with van der Waals surface area (Å²) in [6.45, 7) is 12.9. The van der Waals surface area contributed by atoms with Gasteiger partial charge in [0.05, 0.1) is 24.4 Å². The Morgan fingerprint density at radius 2 is 1.41 bits per heavy atom. The van der Waals surface area contributed by atoms with E-state index in [-0.39, 0.29) is 18.3 Å². The first-order valence-corrected chi connectivity index (χ1v) is 6.40. The first kappa shape index (κ1) is 15.0. The van der Waals surface area contributed by atoms with E-state index in [1.54, 1.807) is 0 Å². The van der Waals surface area contributed by atoms with Gasteiger partial charge in [-0.2, -0.15) is 0 Å². The molecule has 1 saturated heterocycles. The highest BCUT2D eigenvalue weighted by atomic mass is 16.7. The predicted octanol–water partition coefficient (Wildman–Crippen LogP) is 2.13. The molecule has 0 aliphatic carbocycles. The summed E-state index contributed by atoms with van der Waals surface area (Å²) in [7, 11) is -0.160. The van der Waals surface area contributed by atoms with E-state index >= 15 is 0 Å². The van der Waals surface area contributed by atoms with Crippen molar-refractivity contribution in [3.63, 3.8) is 0 Å². The van der Waals surface area contributed by atoms with Crippen molar-refractivity contribution in [1.29, 1.82) is 0 Å². The average Bonchev–Trinajstić information content (AvgIpc) is 2.41. The summed E-state index contributed by atoms with van der Waals surface area (Å²) in [6.07, 6.45) is 0.763. The molecule has 1 aliphatic rings. The highest BCUT2D eigenvalue weighted by molar-refractivity contribution is 6.45. The Morgan fingerprint density at radius 3 is 1.94 bits per heavy atom. The second-order valence-corrected chi connectivity index (χ2v) is 5.28. The van der Waals surface area contributed by atoms with Crippen LogP contribution in [0.15, 0.2) is 0 Å². The molecule has 0 radical (unpaired) electrons. The molecule has 0 aromatic heterocycles. The van der Waals surface area contributed by atoms with Gasteiger partial charge in [0.1, 0.15) is 0 Å². The van der Waals surface area contributed by atoms with Crippen LogP contribution in [0.3, 0.4) is 0 Å². The standard InChI is InChI=1S/C12H25BO4/c1-6-14-9-10-15-8-7-13-16-11(2,3)12(4,5)17-13/h6-10H2,1-5H3. The molecule has 1 rings (SSSR count). The van der Waals surface area contributed by atoms with Gasteiger partial charge in [-0.25, -0.2) is 0 Å². The van der Waals surface area contributed by atoms with Crippen molar-refractivity contribution in [2.24, 2.45) is 0 Å². The monoisotopic (exact) mass is 244 g/mol. The second-order valence-electron chi connectivity index (χ2n) is 5.28. The summed E-state index contributed by atoms with van der Waals surface area (Å²) < 4.78 is 22.3. The first-order valence-electron chi connectivity index (χ1n) is 6.40. The lowest BCUT2D eigenvalue weighted by molar-refractivity contribution is 0.00578. The van der Waals surface area contributed by atoms with Crippen molar-refractivity contribution in [3.8, 4) is 0 Å². The van der Waals surface area contributed by atoms with E-state index in [1.165, 1.54) is 0 Å². The summed E-state index contributed by atoms with van der Waals surface area (Å²) in [4.78, 5) is 0. The van der Waals surface area contributed by atoms with Crippen LogP contribution in [-0.2, 0) is 18.8 Å². The lowest BCUT2D eigenvalue weighted by Gasteiger charge is -2.32. The highest BCUT2D eigenvalue weighted by Crippen LogP contribution is 2.37. The van der Waals surface area contributed by atoms with Crippen LogP contribution < -0.4 is 0 Å². The SMILES string of the molecule is CCOCCOCCB1OC(C)(C)C(C)(C)O1. The van der Waals surface area contributed by atoms with Gasteiger partial charge in [0, 0.05) is 19.5 Å². The van der Waals surface area contributed by atoms with E-state index in [2.05, 4.69) is 27.7 Å². The predicted molar refractivity (Wildman–Crippen MR) is 68.2 cm³/mol. The number of rotatable bonds is 7.